The number of aliphatic hydroxyl groups excluding tert-OH is 2. The zero-order valence-electron chi connectivity index (χ0n) is 12.4. The number of esters is 1. The molecule has 122 valence electrons. The molecule has 22 heavy (non-hydrogen) atoms. The summed E-state index contributed by atoms with van der Waals surface area (Å²) < 4.78 is 5.12. The van der Waals surface area contributed by atoms with Crippen molar-refractivity contribution in [2.75, 3.05) is 6.61 Å². The van der Waals surface area contributed by atoms with E-state index < -0.39 is 30.1 Å². The first-order valence-corrected chi connectivity index (χ1v) is 7.01. The topological polar surface area (TPSA) is 122 Å². The first kappa shape index (κ1) is 18.1. The Bertz CT molecular complexity index is 478. The minimum absolute atomic E-state index is 0.00585. The van der Waals surface area contributed by atoms with Crippen LogP contribution < -0.4 is 11.1 Å². The summed E-state index contributed by atoms with van der Waals surface area (Å²) >= 11 is 0. The summed E-state index contributed by atoms with van der Waals surface area (Å²) in [6, 6.07) is 6.92. The number of rotatable bonds is 8. The lowest BCUT2D eigenvalue weighted by atomic mass is 10.1. The van der Waals surface area contributed by atoms with Crippen molar-refractivity contribution in [2.45, 2.75) is 38.1 Å². The van der Waals surface area contributed by atoms with Gasteiger partial charge in [-0.05, 0) is 12.5 Å². The van der Waals surface area contributed by atoms with Gasteiger partial charge in [-0.2, -0.15) is 0 Å². The maximum absolute atomic E-state index is 12.0. The van der Waals surface area contributed by atoms with Gasteiger partial charge < -0.3 is 26.0 Å². The summed E-state index contributed by atoms with van der Waals surface area (Å²) in [4.78, 5) is 23.7. The molecular weight excluding hydrogens is 288 g/mol. The molecule has 1 aromatic carbocycles. The van der Waals surface area contributed by atoms with Crippen LogP contribution in [0.4, 0.5) is 0 Å². The molecule has 0 aliphatic carbocycles. The molecule has 0 heterocycles. The molecule has 0 aliphatic heterocycles. The van der Waals surface area contributed by atoms with Gasteiger partial charge in [0.05, 0.1) is 6.10 Å². The van der Waals surface area contributed by atoms with Crippen LogP contribution in [0.2, 0.25) is 0 Å². The minimum Gasteiger partial charge on any atom is -0.459 e. The van der Waals surface area contributed by atoms with Gasteiger partial charge in [0.15, 0.2) is 0 Å². The molecule has 1 aromatic rings. The summed E-state index contributed by atoms with van der Waals surface area (Å²) in [6.07, 6.45) is -1.04. The number of carbonyl (C=O) groups excluding carboxylic acids is 2. The summed E-state index contributed by atoms with van der Waals surface area (Å²) in [5, 5.41) is 20.6. The predicted molar refractivity (Wildman–Crippen MR) is 79.5 cm³/mol. The fraction of sp³-hybridized carbons (Fsp3) is 0.467. The van der Waals surface area contributed by atoms with Gasteiger partial charge in [-0.1, -0.05) is 30.3 Å². The molecule has 5 N–H and O–H groups in total. The van der Waals surface area contributed by atoms with Crippen molar-refractivity contribution >= 4 is 11.9 Å². The second-order valence-corrected chi connectivity index (χ2v) is 4.93. The largest absolute Gasteiger partial charge is 0.459 e. The number of nitrogens with two attached hydrogens (primary N) is 1. The number of amides is 1. The first-order chi connectivity index (χ1) is 10.5. The minimum atomic E-state index is -1.15. The zero-order chi connectivity index (χ0) is 16.5. The van der Waals surface area contributed by atoms with Crippen molar-refractivity contribution in [3.8, 4) is 0 Å². The van der Waals surface area contributed by atoms with Gasteiger partial charge >= 0.3 is 5.97 Å². The second kappa shape index (κ2) is 9.14. The fourth-order valence-electron chi connectivity index (χ4n) is 1.69. The van der Waals surface area contributed by atoms with Crippen LogP contribution in [0.3, 0.4) is 0 Å². The van der Waals surface area contributed by atoms with Crippen molar-refractivity contribution in [3.05, 3.63) is 35.9 Å². The summed E-state index contributed by atoms with van der Waals surface area (Å²) in [7, 11) is 0. The van der Waals surface area contributed by atoms with E-state index in [1.165, 1.54) is 6.92 Å². The highest BCUT2D eigenvalue weighted by molar-refractivity contribution is 5.87. The number of hydrogen-bond acceptors (Lipinski definition) is 6. The molecule has 0 aliphatic rings. The van der Waals surface area contributed by atoms with E-state index in [0.29, 0.717) is 0 Å². The lowest BCUT2D eigenvalue weighted by Gasteiger charge is -2.20. The van der Waals surface area contributed by atoms with Gasteiger partial charge in [-0.15, -0.1) is 0 Å². The van der Waals surface area contributed by atoms with Gasteiger partial charge in [-0.25, -0.2) is 4.79 Å². The maximum atomic E-state index is 12.0. The lowest BCUT2D eigenvalue weighted by molar-refractivity contribution is -0.150. The Morgan fingerprint density at radius 1 is 1.32 bits per heavy atom. The average molecular weight is 310 g/mol. The van der Waals surface area contributed by atoms with E-state index in [9.17, 15) is 14.7 Å². The molecule has 0 saturated carbocycles. The van der Waals surface area contributed by atoms with Crippen LogP contribution in [0.15, 0.2) is 30.3 Å². The molecule has 1 rings (SSSR count). The van der Waals surface area contributed by atoms with E-state index in [1.807, 2.05) is 18.2 Å². The fourth-order valence-corrected chi connectivity index (χ4v) is 1.69. The highest BCUT2D eigenvalue weighted by Gasteiger charge is 2.26. The number of ether oxygens (including phenoxy) is 1. The third kappa shape index (κ3) is 5.80. The van der Waals surface area contributed by atoms with Crippen LogP contribution in [0.25, 0.3) is 0 Å². The number of benzene rings is 1. The third-order valence-electron chi connectivity index (χ3n) is 3.07. The van der Waals surface area contributed by atoms with Gasteiger partial charge in [-0.3, -0.25) is 4.79 Å². The van der Waals surface area contributed by atoms with Crippen LogP contribution in [0.5, 0.6) is 0 Å². The van der Waals surface area contributed by atoms with Crippen molar-refractivity contribution < 1.29 is 24.5 Å². The Balaban J connectivity index is 2.57. The Morgan fingerprint density at radius 3 is 2.50 bits per heavy atom. The monoisotopic (exact) mass is 310 g/mol. The van der Waals surface area contributed by atoms with E-state index in [0.717, 1.165) is 5.56 Å². The van der Waals surface area contributed by atoms with Crippen LogP contribution in [0.1, 0.15) is 18.9 Å². The number of hydrogen-bond donors (Lipinski definition) is 4. The normalized spacial score (nSPS) is 14.7. The molecule has 3 atom stereocenters. The molecule has 1 amide bonds. The molecule has 0 bridgehead atoms. The summed E-state index contributed by atoms with van der Waals surface area (Å²) in [5.41, 5.74) is 6.30. The summed E-state index contributed by atoms with van der Waals surface area (Å²) in [6.45, 7) is 1.15. The van der Waals surface area contributed by atoms with E-state index in [-0.39, 0.29) is 19.6 Å². The molecule has 0 fully saturated rings. The molecule has 7 heteroatoms. The van der Waals surface area contributed by atoms with E-state index in [2.05, 4.69) is 5.32 Å². The molecule has 0 unspecified atom stereocenters. The van der Waals surface area contributed by atoms with Gasteiger partial charge in [0.2, 0.25) is 5.91 Å². The van der Waals surface area contributed by atoms with E-state index in [1.54, 1.807) is 12.1 Å². The van der Waals surface area contributed by atoms with Crippen LogP contribution in [0, 0.1) is 0 Å². The van der Waals surface area contributed by atoms with Crippen LogP contribution in [-0.4, -0.2) is 46.9 Å². The van der Waals surface area contributed by atoms with Crippen molar-refractivity contribution in [1.29, 1.82) is 0 Å². The number of nitrogens with one attached hydrogen (secondary N) is 1. The van der Waals surface area contributed by atoms with Crippen LogP contribution in [-0.2, 0) is 20.9 Å². The third-order valence-corrected chi connectivity index (χ3v) is 3.07. The second-order valence-electron chi connectivity index (χ2n) is 4.93. The lowest BCUT2D eigenvalue weighted by Crippen LogP contribution is -2.52. The van der Waals surface area contributed by atoms with E-state index in [4.69, 9.17) is 15.6 Å². The molecule has 0 radical (unpaired) electrons. The molecule has 0 saturated heterocycles. The first-order valence-electron chi connectivity index (χ1n) is 7.01. The van der Waals surface area contributed by atoms with Gasteiger partial charge in [0.1, 0.15) is 18.7 Å². The van der Waals surface area contributed by atoms with Gasteiger partial charge in [0.25, 0.3) is 0 Å². The summed E-state index contributed by atoms with van der Waals surface area (Å²) in [5.74, 6) is -1.34. The Kier molecular flexibility index (Phi) is 7.51. The number of aliphatic hydroxyl groups is 2. The van der Waals surface area contributed by atoms with Gasteiger partial charge in [0, 0.05) is 13.0 Å². The highest BCUT2D eigenvalue weighted by atomic mass is 16.5. The maximum Gasteiger partial charge on any atom is 0.329 e. The SMILES string of the molecule is C[C@@H](O)[C@H](N)C(=O)N[C@@H](CCO)C(=O)OCc1ccccc1. The van der Waals surface area contributed by atoms with E-state index >= 15 is 0 Å². The smallest absolute Gasteiger partial charge is 0.329 e. The van der Waals surface area contributed by atoms with Crippen LogP contribution >= 0.6 is 0 Å². The standard InChI is InChI=1S/C15H22N2O5/c1-10(19)13(16)14(20)17-12(7-8-18)15(21)22-9-11-5-3-2-4-6-11/h2-6,10,12-13,18-19H,7-9,16H2,1H3,(H,17,20)/t10-,12+,13+/m1/s1. The molecule has 0 aromatic heterocycles. The molecule has 7 nitrogen and oxygen atoms in total. The Hall–Kier alpha value is -1.96. The highest BCUT2D eigenvalue weighted by Crippen LogP contribution is 2.04. The Morgan fingerprint density at radius 2 is 1.95 bits per heavy atom. The molecule has 0 spiro atoms. The Labute approximate surface area is 129 Å². The van der Waals surface area contributed by atoms with Crippen molar-refractivity contribution in [1.82, 2.24) is 5.32 Å². The zero-order valence-corrected chi connectivity index (χ0v) is 12.4. The predicted octanol–water partition coefficient (Wildman–Crippen LogP) is -0.695. The van der Waals surface area contributed by atoms with Crippen molar-refractivity contribution in [3.63, 3.8) is 0 Å². The molecular formula is C15H22N2O5. The number of carbonyl (C=O) groups is 2. The van der Waals surface area contributed by atoms with Crippen molar-refractivity contribution in [2.24, 2.45) is 5.73 Å². The quantitative estimate of drug-likeness (QED) is 0.471. The average Bonchev–Trinajstić information content (AvgIpc) is 2.52.